The van der Waals surface area contributed by atoms with Gasteiger partial charge in [-0.25, -0.2) is 9.97 Å². The number of anilines is 2. The minimum atomic E-state index is -1.38. The van der Waals surface area contributed by atoms with E-state index in [1.54, 1.807) is 67.3 Å². The summed E-state index contributed by atoms with van der Waals surface area (Å²) in [5.74, 6) is -0.0346. The number of hydrogen-bond acceptors (Lipinski definition) is 12. The molecule has 6 aromatic rings. The average Bonchev–Trinajstić information content (AvgIpc) is 3.93. The third-order valence-electron chi connectivity index (χ3n) is 9.48. The molecule has 8 rings (SSSR count). The second-order valence-corrected chi connectivity index (χ2v) is 15.3. The van der Waals surface area contributed by atoms with Crippen LogP contribution in [0.3, 0.4) is 0 Å². The van der Waals surface area contributed by atoms with Crippen molar-refractivity contribution < 1.29 is 29.1 Å². The SMILES string of the molecule is Cl.NC(=O)c1cc(-c2ccncc2)ccc1N1CC[C@@H](Oc2ncccc2Cl)C1.NC(=O)c1cc(Br)ccc1N1CC[C@@H](Oc2ncccc2Cl)C1.OB(O)c1ccncc1. The Hall–Kier alpha value is -5.49. The standard InChI is InChI=1S/C21H19ClN4O2.C16H15BrClN3O2.C5H6BNO2.ClH/c22-18-2-1-8-25-21(18)28-16-7-11-26(13-16)19-4-3-15(12-17(19)20(23)27)14-5-9-24-10-6-14;17-10-3-4-14(12(8-10)15(19)22)21-7-5-11(9-21)23-16-13(18)2-1-6-20-16;8-6(9)5-1-3-7-4-2-5;/h1-6,8-10,12,16H,7,11,13H2,(H2,23,27);1-4,6,8,11H,5,7,9H2,(H2,19,22);1-4,8-9H;1H/t16-;11-;;/m11../s1. The molecule has 0 radical (unpaired) electrons. The number of amides is 2. The first-order valence-electron chi connectivity index (χ1n) is 18.7. The summed E-state index contributed by atoms with van der Waals surface area (Å²) in [5, 5.41) is 18.1. The van der Waals surface area contributed by atoms with Crippen LogP contribution in [0.4, 0.5) is 11.4 Å². The van der Waals surface area contributed by atoms with Gasteiger partial charge in [-0.1, -0.05) is 45.2 Å². The molecule has 0 saturated carbocycles. The highest BCUT2D eigenvalue weighted by molar-refractivity contribution is 9.10. The fourth-order valence-corrected chi connectivity index (χ4v) is 7.26. The van der Waals surface area contributed by atoms with Crippen LogP contribution in [0.25, 0.3) is 11.1 Å². The van der Waals surface area contributed by atoms with Crippen LogP contribution in [-0.4, -0.2) is 87.3 Å². The molecule has 4 aromatic heterocycles. The first kappa shape index (κ1) is 46.6. The predicted octanol–water partition coefficient (Wildman–Crippen LogP) is 5.99. The zero-order valence-corrected chi connectivity index (χ0v) is 36.3. The van der Waals surface area contributed by atoms with E-state index in [0.717, 1.165) is 52.9 Å². The number of halogens is 4. The highest BCUT2D eigenvalue weighted by Gasteiger charge is 2.29. The van der Waals surface area contributed by atoms with E-state index in [9.17, 15) is 9.59 Å². The second kappa shape index (κ2) is 22.4. The van der Waals surface area contributed by atoms with Crippen molar-refractivity contribution >= 4 is 87.3 Å². The van der Waals surface area contributed by atoms with Gasteiger partial charge in [0.05, 0.1) is 24.2 Å². The van der Waals surface area contributed by atoms with Gasteiger partial charge in [0, 0.05) is 79.0 Å². The Labute approximate surface area is 377 Å². The number of aromatic nitrogens is 4. The van der Waals surface area contributed by atoms with Gasteiger partial charge in [-0.05, 0) is 95.5 Å². The summed E-state index contributed by atoms with van der Waals surface area (Å²) >= 11 is 15.6. The molecule has 2 saturated heterocycles. The van der Waals surface area contributed by atoms with Crippen LogP contribution in [0.5, 0.6) is 11.8 Å². The zero-order valence-electron chi connectivity index (χ0n) is 32.4. The average molecular weight is 951 g/mol. The van der Waals surface area contributed by atoms with E-state index in [1.165, 1.54) is 12.4 Å². The number of ether oxygens (including phenoxy) is 2. The lowest BCUT2D eigenvalue weighted by Gasteiger charge is -2.22. The molecule has 19 heteroatoms. The Bertz CT molecular complexity index is 2400. The molecule has 2 fully saturated rings. The van der Waals surface area contributed by atoms with E-state index >= 15 is 0 Å². The summed E-state index contributed by atoms with van der Waals surface area (Å²) in [6.45, 7) is 2.80. The van der Waals surface area contributed by atoms with Crippen LogP contribution in [0.1, 0.15) is 33.6 Å². The van der Waals surface area contributed by atoms with Gasteiger partial charge in [0.2, 0.25) is 11.8 Å². The Morgan fingerprint density at radius 1 is 0.672 bits per heavy atom. The highest BCUT2D eigenvalue weighted by Crippen LogP contribution is 2.32. The smallest absolute Gasteiger partial charge is 0.471 e. The quantitative estimate of drug-likeness (QED) is 0.117. The molecule has 2 aromatic carbocycles. The van der Waals surface area contributed by atoms with E-state index in [2.05, 4.69) is 45.7 Å². The van der Waals surface area contributed by atoms with Crippen molar-refractivity contribution in [3.05, 3.63) is 148 Å². The number of carbonyl (C=O) groups excluding carboxylic acids is 2. The normalized spacial score (nSPS) is 15.3. The summed E-state index contributed by atoms with van der Waals surface area (Å²) in [6.07, 6.45) is 11.3. The minimum absolute atomic E-state index is 0. The molecule has 6 heterocycles. The van der Waals surface area contributed by atoms with Gasteiger partial charge in [-0.3, -0.25) is 19.6 Å². The van der Waals surface area contributed by atoms with Crippen molar-refractivity contribution in [2.45, 2.75) is 25.0 Å². The first-order valence-corrected chi connectivity index (χ1v) is 20.3. The monoisotopic (exact) mass is 948 g/mol. The topological polar surface area (TPSA) is 203 Å². The van der Waals surface area contributed by atoms with Crippen LogP contribution in [0.2, 0.25) is 10.0 Å². The van der Waals surface area contributed by atoms with E-state index in [-0.39, 0.29) is 24.6 Å². The van der Waals surface area contributed by atoms with Gasteiger partial charge in [0.25, 0.3) is 11.8 Å². The first-order chi connectivity index (χ1) is 29.0. The van der Waals surface area contributed by atoms with Gasteiger partial charge >= 0.3 is 7.12 Å². The molecule has 14 nitrogen and oxygen atoms in total. The Balaban J connectivity index is 0.000000192. The van der Waals surface area contributed by atoms with Crippen LogP contribution in [-0.2, 0) is 0 Å². The van der Waals surface area contributed by atoms with Crippen molar-refractivity contribution in [3.8, 4) is 22.9 Å². The molecule has 2 aliphatic heterocycles. The molecule has 6 N–H and O–H groups in total. The van der Waals surface area contributed by atoms with Crippen LogP contribution in [0.15, 0.2) is 127 Å². The van der Waals surface area contributed by atoms with Crippen molar-refractivity contribution in [3.63, 3.8) is 0 Å². The highest BCUT2D eigenvalue weighted by atomic mass is 79.9. The number of nitrogens with two attached hydrogens (primary N) is 2. The number of hydrogen-bond donors (Lipinski definition) is 4. The molecule has 316 valence electrons. The molecule has 0 aliphatic carbocycles. The molecule has 61 heavy (non-hydrogen) atoms. The third-order valence-corrected chi connectivity index (χ3v) is 10.5. The lowest BCUT2D eigenvalue weighted by atomic mass is 9.81. The number of nitrogens with zero attached hydrogens (tertiary/aromatic N) is 6. The van der Waals surface area contributed by atoms with E-state index in [4.69, 9.17) is 54.2 Å². The maximum absolute atomic E-state index is 12.1. The van der Waals surface area contributed by atoms with Gasteiger partial charge in [0.1, 0.15) is 22.3 Å². The van der Waals surface area contributed by atoms with Crippen LogP contribution in [0, 0.1) is 0 Å². The number of rotatable bonds is 10. The van der Waals surface area contributed by atoms with Gasteiger partial charge in [0.15, 0.2) is 0 Å². The number of benzene rings is 2. The van der Waals surface area contributed by atoms with Crippen molar-refractivity contribution in [1.29, 1.82) is 0 Å². The lowest BCUT2D eigenvalue weighted by Crippen LogP contribution is -2.29. The molecule has 0 bridgehead atoms. The summed E-state index contributed by atoms with van der Waals surface area (Å²) in [4.78, 5) is 44.0. The molecule has 0 spiro atoms. The van der Waals surface area contributed by atoms with Crippen molar-refractivity contribution in [2.24, 2.45) is 11.5 Å². The van der Waals surface area contributed by atoms with Crippen LogP contribution < -0.4 is 36.2 Å². The van der Waals surface area contributed by atoms with Gasteiger partial charge in [-0.2, -0.15) is 0 Å². The molecule has 2 aliphatic rings. The summed E-state index contributed by atoms with van der Waals surface area (Å²) in [7, 11) is -1.38. The van der Waals surface area contributed by atoms with E-state index in [0.29, 0.717) is 51.5 Å². The molecule has 2 amide bonds. The number of primary amides is 2. The predicted molar refractivity (Wildman–Crippen MR) is 243 cm³/mol. The van der Waals surface area contributed by atoms with E-state index in [1.807, 2.05) is 42.5 Å². The Kier molecular flexibility index (Phi) is 17.1. The summed E-state index contributed by atoms with van der Waals surface area (Å²) in [6, 6.07) is 25.2. The Morgan fingerprint density at radius 3 is 1.61 bits per heavy atom. The Morgan fingerprint density at radius 2 is 1.15 bits per heavy atom. The molecular formula is C42H41BBrCl3N8O6. The minimum Gasteiger partial charge on any atom is -0.471 e. The number of carbonyl (C=O) groups is 2. The number of pyridine rings is 4. The third kappa shape index (κ3) is 12.8. The molecular weight excluding hydrogens is 910 g/mol. The maximum Gasteiger partial charge on any atom is 0.488 e. The van der Waals surface area contributed by atoms with Gasteiger partial charge < -0.3 is 40.8 Å². The molecule has 0 unspecified atom stereocenters. The fourth-order valence-electron chi connectivity index (χ4n) is 6.57. The summed E-state index contributed by atoms with van der Waals surface area (Å²) in [5.41, 5.74) is 16.1. The summed E-state index contributed by atoms with van der Waals surface area (Å²) < 4.78 is 12.6. The van der Waals surface area contributed by atoms with Gasteiger partial charge in [-0.15, -0.1) is 12.4 Å². The van der Waals surface area contributed by atoms with Crippen LogP contribution >= 0.6 is 51.5 Å². The van der Waals surface area contributed by atoms with Crippen molar-refractivity contribution in [1.82, 2.24) is 19.9 Å². The fraction of sp³-hybridized carbons (Fsp3) is 0.190. The lowest BCUT2D eigenvalue weighted by molar-refractivity contribution is 0.0992. The van der Waals surface area contributed by atoms with E-state index < -0.39 is 18.9 Å². The molecule has 2 atom stereocenters. The maximum atomic E-state index is 12.1. The van der Waals surface area contributed by atoms with Crippen molar-refractivity contribution in [2.75, 3.05) is 36.0 Å². The zero-order chi connectivity index (χ0) is 42.6. The second-order valence-electron chi connectivity index (χ2n) is 13.5. The largest absolute Gasteiger partial charge is 0.488 e.